The van der Waals surface area contributed by atoms with Crippen LogP contribution in [0.15, 0.2) is 206 Å². The molecule has 84 heavy (non-hydrogen) atoms. The first kappa shape index (κ1) is 53.8. The van der Waals surface area contributed by atoms with Gasteiger partial charge in [-0.05, 0) is 139 Å². The van der Waals surface area contributed by atoms with Gasteiger partial charge in [0.15, 0.2) is 0 Å². The number of thiophene rings is 2. The quantitative estimate of drug-likeness (QED) is 0.153. The average Bonchev–Trinajstić information content (AvgIpc) is 1.44. The molecule has 2 nitrogen and oxygen atoms in total. The molecular formula is C74H58F6N2S2. The summed E-state index contributed by atoms with van der Waals surface area (Å²) in [7, 11) is 0. The number of anilines is 6. The summed E-state index contributed by atoms with van der Waals surface area (Å²) in [4.78, 5) is 4.42. The van der Waals surface area contributed by atoms with E-state index in [1.54, 1.807) is 12.1 Å². The van der Waals surface area contributed by atoms with Crippen molar-refractivity contribution < 1.29 is 26.3 Å². The molecule has 0 atom stereocenters. The van der Waals surface area contributed by atoms with Gasteiger partial charge >= 0.3 is 12.4 Å². The molecular weight excluding hydrogens is 1090 g/mol. The molecule has 0 saturated carbocycles. The molecule has 2 aliphatic rings. The predicted molar refractivity (Wildman–Crippen MR) is 338 cm³/mol. The second-order valence-electron chi connectivity index (χ2n) is 25.1. The van der Waals surface area contributed by atoms with Gasteiger partial charge in [0.2, 0.25) is 0 Å². The van der Waals surface area contributed by atoms with Crippen molar-refractivity contribution in [1.29, 1.82) is 0 Å². The molecule has 2 aromatic heterocycles. The van der Waals surface area contributed by atoms with Crippen LogP contribution < -0.4 is 9.80 Å². The standard InChI is InChI=1S/C74H58F6N2S2/c1-69(2,3)43-19-13-21-45(39-43)81(63-33-17-25-51-49-23-15-31-61(73(75,76)77)65(49)83-67(51)63)47-35-37-55-53(41-47)54-42-48(36-38-56(54)72(55)59-29-11-9-27-57(59)71(7,8)58-28-10-12-30-60(58)72)82(46-22-14-20-44(40-46)70(4,5)6)64-34-18-26-52-50-24-16-32-62(74(78,79)80)66(50)84-68(52)64/h9-42H,1-8H3. The fraction of sp³-hybridized carbons (Fsp3) is 0.189. The van der Waals surface area contributed by atoms with E-state index in [-0.39, 0.29) is 25.6 Å². The van der Waals surface area contributed by atoms with Crippen LogP contribution >= 0.6 is 22.7 Å². The number of halogens is 6. The van der Waals surface area contributed by atoms with Gasteiger partial charge in [0, 0.05) is 59.1 Å². The van der Waals surface area contributed by atoms with Crippen molar-refractivity contribution in [1.82, 2.24) is 0 Å². The first-order chi connectivity index (χ1) is 40.0. The van der Waals surface area contributed by atoms with Crippen molar-refractivity contribution in [2.45, 2.75) is 89.4 Å². The van der Waals surface area contributed by atoms with Crippen LogP contribution in [0.25, 0.3) is 51.5 Å². The molecule has 1 spiro atoms. The van der Waals surface area contributed by atoms with Gasteiger partial charge < -0.3 is 9.80 Å². The van der Waals surface area contributed by atoms with Crippen molar-refractivity contribution in [3.8, 4) is 11.1 Å². The Kier molecular flexibility index (Phi) is 12.0. The summed E-state index contributed by atoms with van der Waals surface area (Å²) in [6, 6.07) is 68.5. The number of alkyl halides is 6. The Morgan fingerprint density at radius 2 is 0.679 bits per heavy atom. The Bertz CT molecular complexity index is 4380. The lowest BCUT2D eigenvalue weighted by molar-refractivity contribution is -0.137. The van der Waals surface area contributed by atoms with Gasteiger partial charge in [-0.2, -0.15) is 26.3 Å². The zero-order valence-corrected chi connectivity index (χ0v) is 49.2. The lowest BCUT2D eigenvalue weighted by Crippen LogP contribution is -2.40. The molecule has 0 aliphatic heterocycles. The second kappa shape index (κ2) is 18.7. The Morgan fingerprint density at radius 1 is 0.333 bits per heavy atom. The van der Waals surface area contributed by atoms with Crippen LogP contribution in [-0.4, -0.2) is 0 Å². The first-order valence-electron chi connectivity index (χ1n) is 28.3. The van der Waals surface area contributed by atoms with E-state index in [0.717, 1.165) is 87.7 Å². The van der Waals surface area contributed by atoms with E-state index in [0.29, 0.717) is 10.8 Å². The zero-order chi connectivity index (χ0) is 58.6. The van der Waals surface area contributed by atoms with E-state index < -0.39 is 28.9 Å². The number of benzene rings is 10. The van der Waals surface area contributed by atoms with Gasteiger partial charge in [-0.25, -0.2) is 0 Å². The molecule has 14 rings (SSSR count). The number of hydrogen-bond acceptors (Lipinski definition) is 4. The highest BCUT2D eigenvalue weighted by Crippen LogP contribution is 2.64. The fourth-order valence-corrected chi connectivity index (χ4v) is 16.3. The number of nitrogens with zero attached hydrogens (tertiary/aromatic N) is 2. The highest BCUT2D eigenvalue weighted by molar-refractivity contribution is 7.27. The summed E-state index contributed by atoms with van der Waals surface area (Å²) in [5, 5.41) is 2.58. The maximum Gasteiger partial charge on any atom is 0.417 e. The zero-order valence-electron chi connectivity index (χ0n) is 47.6. The molecule has 0 fully saturated rings. The minimum absolute atomic E-state index is 0.190. The van der Waals surface area contributed by atoms with Crippen molar-refractivity contribution in [3.05, 3.63) is 262 Å². The van der Waals surface area contributed by atoms with E-state index in [2.05, 4.69) is 199 Å². The summed E-state index contributed by atoms with van der Waals surface area (Å²) in [6.45, 7) is 17.7. The molecule has 0 bridgehead atoms. The van der Waals surface area contributed by atoms with Crippen molar-refractivity contribution in [3.63, 3.8) is 0 Å². The summed E-state index contributed by atoms with van der Waals surface area (Å²) >= 11 is 2.34. The van der Waals surface area contributed by atoms with Crippen LogP contribution in [0.1, 0.15) is 111 Å². The molecule has 418 valence electrons. The molecule has 0 saturated heterocycles. The largest absolute Gasteiger partial charge is 0.417 e. The SMILES string of the molecule is CC(C)(C)c1cccc(N(c2ccc3c(c2)-c2cc(N(c4cccc(C(C)(C)C)c4)c4cccc5c4sc4c(C(F)(F)F)cccc45)ccc2C32c3ccccc3C(C)(C)c3ccccc32)c2cccc3c2sc2c(C(F)(F)F)cccc23)c1. The smallest absolute Gasteiger partial charge is 0.309 e. The third-order valence-corrected chi connectivity index (χ3v) is 20.2. The molecule has 0 unspecified atom stereocenters. The lowest BCUT2D eigenvalue weighted by Gasteiger charge is -2.46. The van der Waals surface area contributed by atoms with Crippen molar-refractivity contribution in [2.75, 3.05) is 9.80 Å². The molecule has 0 N–H and O–H groups in total. The maximum atomic E-state index is 14.9. The van der Waals surface area contributed by atoms with Gasteiger partial charge in [-0.1, -0.05) is 189 Å². The Labute approximate surface area is 492 Å². The van der Waals surface area contributed by atoms with E-state index in [1.165, 1.54) is 69.2 Å². The van der Waals surface area contributed by atoms with Crippen LogP contribution in [0.4, 0.5) is 60.5 Å². The van der Waals surface area contributed by atoms with Crippen LogP contribution in [0.3, 0.4) is 0 Å². The summed E-state index contributed by atoms with van der Waals surface area (Å²) in [5.41, 5.74) is 13.0. The van der Waals surface area contributed by atoms with E-state index >= 15 is 0 Å². The van der Waals surface area contributed by atoms with E-state index in [4.69, 9.17) is 0 Å². The molecule has 10 heteroatoms. The second-order valence-corrected chi connectivity index (χ2v) is 27.1. The first-order valence-corrected chi connectivity index (χ1v) is 29.9. The Hall–Kier alpha value is -8.18. The van der Waals surface area contributed by atoms with Gasteiger partial charge in [0.05, 0.1) is 37.3 Å². The molecule has 0 amide bonds. The van der Waals surface area contributed by atoms with Gasteiger partial charge in [-0.3, -0.25) is 0 Å². The summed E-state index contributed by atoms with van der Waals surface area (Å²) < 4.78 is 91.1. The molecule has 10 aromatic carbocycles. The van der Waals surface area contributed by atoms with E-state index in [1.807, 2.05) is 36.4 Å². The van der Waals surface area contributed by atoms with Crippen LogP contribution in [0, 0.1) is 0 Å². The highest BCUT2D eigenvalue weighted by Gasteiger charge is 2.53. The van der Waals surface area contributed by atoms with Gasteiger partial charge in [-0.15, -0.1) is 22.7 Å². The Balaban J connectivity index is 1.08. The topological polar surface area (TPSA) is 6.48 Å². The Morgan fingerprint density at radius 3 is 1.06 bits per heavy atom. The van der Waals surface area contributed by atoms with Gasteiger partial charge in [0.1, 0.15) is 0 Å². The number of fused-ring (bicyclic) bond motifs is 15. The van der Waals surface area contributed by atoms with Crippen LogP contribution in [-0.2, 0) is 34.0 Å². The summed E-state index contributed by atoms with van der Waals surface area (Å²) in [6.07, 6.45) is -9.11. The maximum absolute atomic E-state index is 14.9. The molecule has 12 aromatic rings. The third kappa shape index (κ3) is 8.10. The molecule has 0 radical (unpaired) electrons. The summed E-state index contributed by atoms with van der Waals surface area (Å²) in [5.74, 6) is 0. The number of rotatable bonds is 6. The van der Waals surface area contributed by atoms with Crippen molar-refractivity contribution >= 4 is 97.1 Å². The fourth-order valence-electron chi connectivity index (χ4n) is 13.7. The lowest BCUT2D eigenvalue weighted by atomic mass is 9.55. The normalized spacial score (nSPS) is 14.5. The minimum Gasteiger partial charge on any atom is -0.309 e. The van der Waals surface area contributed by atoms with Gasteiger partial charge in [0.25, 0.3) is 0 Å². The third-order valence-electron chi connectivity index (χ3n) is 17.7. The molecule has 2 heterocycles. The monoisotopic (exact) mass is 1150 g/mol. The van der Waals surface area contributed by atoms with Crippen LogP contribution in [0.5, 0.6) is 0 Å². The number of hydrogen-bond donors (Lipinski definition) is 0. The van der Waals surface area contributed by atoms with Crippen LogP contribution in [0.2, 0.25) is 0 Å². The predicted octanol–water partition coefficient (Wildman–Crippen LogP) is 23.0. The minimum atomic E-state index is -4.55. The van der Waals surface area contributed by atoms with Crippen molar-refractivity contribution in [2.24, 2.45) is 0 Å². The highest BCUT2D eigenvalue weighted by atomic mass is 32.1. The van der Waals surface area contributed by atoms with E-state index in [9.17, 15) is 26.3 Å². The molecule has 2 aliphatic carbocycles. The average molecular weight is 1150 g/mol.